The summed E-state index contributed by atoms with van der Waals surface area (Å²) < 4.78 is 5.27. The van der Waals surface area contributed by atoms with E-state index < -0.39 is 0 Å². The quantitative estimate of drug-likeness (QED) is 0.774. The van der Waals surface area contributed by atoms with Gasteiger partial charge in [-0.15, -0.1) is 0 Å². The summed E-state index contributed by atoms with van der Waals surface area (Å²) in [6.07, 6.45) is 12.3. The Balaban J connectivity index is 1.38. The smallest absolute Gasteiger partial charge is 0.289 e. The molecule has 1 aliphatic carbocycles. The van der Waals surface area contributed by atoms with E-state index in [9.17, 15) is 9.59 Å². The van der Waals surface area contributed by atoms with Crippen molar-refractivity contribution in [3.63, 3.8) is 0 Å². The average molecular weight is 356 g/mol. The van der Waals surface area contributed by atoms with Crippen LogP contribution in [0.2, 0.25) is 0 Å². The molecule has 2 aliphatic heterocycles. The van der Waals surface area contributed by atoms with Gasteiger partial charge in [0.15, 0.2) is 5.76 Å². The highest BCUT2D eigenvalue weighted by Crippen LogP contribution is 2.33. The van der Waals surface area contributed by atoms with Crippen LogP contribution in [0.15, 0.2) is 34.5 Å². The number of likely N-dealkylation sites (tertiary alicyclic amines) is 2. The molecule has 2 amide bonds. The van der Waals surface area contributed by atoms with E-state index in [-0.39, 0.29) is 5.91 Å². The highest BCUT2D eigenvalue weighted by atomic mass is 16.3. The number of furan rings is 1. The van der Waals surface area contributed by atoms with Crippen LogP contribution in [0.3, 0.4) is 0 Å². The van der Waals surface area contributed by atoms with Gasteiger partial charge in [-0.1, -0.05) is 11.6 Å². The first-order valence-corrected chi connectivity index (χ1v) is 10.0. The molecule has 2 fully saturated rings. The molecule has 140 valence electrons. The molecule has 5 heteroatoms. The normalized spacial score (nSPS) is 26.5. The van der Waals surface area contributed by atoms with Crippen molar-refractivity contribution in [2.24, 2.45) is 5.92 Å². The van der Waals surface area contributed by atoms with Gasteiger partial charge < -0.3 is 14.2 Å². The minimum absolute atomic E-state index is 0.0238. The van der Waals surface area contributed by atoms with Crippen molar-refractivity contribution in [2.45, 2.75) is 57.4 Å². The second-order valence-corrected chi connectivity index (χ2v) is 7.83. The maximum atomic E-state index is 12.6. The number of amides is 2. The van der Waals surface area contributed by atoms with Crippen molar-refractivity contribution in [1.29, 1.82) is 0 Å². The van der Waals surface area contributed by atoms with Crippen LogP contribution in [-0.2, 0) is 4.79 Å². The molecule has 2 atom stereocenters. The van der Waals surface area contributed by atoms with E-state index in [1.54, 1.807) is 18.4 Å². The fraction of sp³-hybridized carbons (Fsp3) is 0.619. The van der Waals surface area contributed by atoms with Crippen LogP contribution in [0, 0.1) is 5.92 Å². The van der Waals surface area contributed by atoms with Crippen molar-refractivity contribution in [1.82, 2.24) is 9.80 Å². The predicted molar refractivity (Wildman–Crippen MR) is 98.6 cm³/mol. The number of carbonyl (C=O) groups excluding carboxylic acids is 2. The maximum Gasteiger partial charge on any atom is 0.289 e. The van der Waals surface area contributed by atoms with Crippen LogP contribution >= 0.6 is 0 Å². The average Bonchev–Trinajstić information content (AvgIpc) is 3.22. The van der Waals surface area contributed by atoms with Gasteiger partial charge in [0.2, 0.25) is 5.91 Å². The number of allylic oxidation sites excluding steroid dienone is 1. The number of rotatable bonds is 4. The Bertz CT molecular complexity index is 679. The van der Waals surface area contributed by atoms with Gasteiger partial charge in [-0.3, -0.25) is 9.59 Å². The van der Waals surface area contributed by atoms with Gasteiger partial charge in [0.25, 0.3) is 5.91 Å². The summed E-state index contributed by atoms with van der Waals surface area (Å²) in [5, 5.41) is 0. The molecule has 0 radical (unpaired) electrons. The van der Waals surface area contributed by atoms with Gasteiger partial charge in [-0.2, -0.15) is 0 Å². The topological polar surface area (TPSA) is 53.8 Å². The Morgan fingerprint density at radius 1 is 1.23 bits per heavy atom. The molecule has 0 N–H and O–H groups in total. The summed E-state index contributed by atoms with van der Waals surface area (Å²) in [5.74, 6) is 1.08. The Morgan fingerprint density at radius 3 is 2.92 bits per heavy atom. The third-order valence-electron chi connectivity index (χ3n) is 6.22. The molecule has 3 heterocycles. The van der Waals surface area contributed by atoms with Crippen LogP contribution in [0.4, 0.5) is 0 Å². The summed E-state index contributed by atoms with van der Waals surface area (Å²) in [7, 11) is 0. The van der Waals surface area contributed by atoms with E-state index in [1.165, 1.54) is 31.3 Å². The third kappa shape index (κ3) is 3.57. The van der Waals surface area contributed by atoms with E-state index in [4.69, 9.17) is 4.42 Å². The molecule has 4 rings (SSSR count). The van der Waals surface area contributed by atoms with Crippen LogP contribution in [0.25, 0.3) is 0 Å². The highest BCUT2D eigenvalue weighted by molar-refractivity contribution is 5.91. The number of fused-ring (bicyclic) bond motifs is 1. The lowest BCUT2D eigenvalue weighted by molar-refractivity contribution is -0.140. The Labute approximate surface area is 155 Å². The SMILES string of the molecule is O=C(c1ccco1)N1CCC2C(CCC(=O)N2CCC2=CCCCC2)C1. The lowest BCUT2D eigenvalue weighted by Gasteiger charge is -2.47. The van der Waals surface area contributed by atoms with Crippen LogP contribution < -0.4 is 0 Å². The summed E-state index contributed by atoms with van der Waals surface area (Å²) in [6.45, 7) is 2.28. The first kappa shape index (κ1) is 17.4. The molecule has 2 unspecified atom stereocenters. The predicted octanol–water partition coefficient (Wildman–Crippen LogP) is 3.62. The van der Waals surface area contributed by atoms with Crippen LogP contribution in [-0.4, -0.2) is 47.3 Å². The van der Waals surface area contributed by atoms with Crippen molar-refractivity contribution >= 4 is 11.8 Å². The van der Waals surface area contributed by atoms with Crippen molar-refractivity contribution < 1.29 is 14.0 Å². The van der Waals surface area contributed by atoms with Crippen molar-refractivity contribution in [3.8, 4) is 0 Å². The molecule has 1 aromatic heterocycles. The number of hydrogen-bond acceptors (Lipinski definition) is 3. The fourth-order valence-electron chi connectivity index (χ4n) is 4.78. The first-order chi connectivity index (χ1) is 12.7. The van der Waals surface area contributed by atoms with E-state index in [0.29, 0.717) is 36.6 Å². The van der Waals surface area contributed by atoms with Gasteiger partial charge in [0, 0.05) is 32.1 Å². The molecule has 5 nitrogen and oxygen atoms in total. The first-order valence-electron chi connectivity index (χ1n) is 10.0. The summed E-state index contributed by atoms with van der Waals surface area (Å²) in [4.78, 5) is 29.1. The molecule has 0 bridgehead atoms. The minimum atomic E-state index is -0.0238. The molecule has 26 heavy (non-hydrogen) atoms. The number of piperidine rings is 2. The molecule has 1 aromatic rings. The minimum Gasteiger partial charge on any atom is -0.459 e. The molecular formula is C21H28N2O3. The number of hydrogen-bond donors (Lipinski definition) is 0. The zero-order chi connectivity index (χ0) is 17.9. The summed E-state index contributed by atoms with van der Waals surface area (Å²) >= 11 is 0. The number of nitrogens with zero attached hydrogens (tertiary/aromatic N) is 2. The van der Waals surface area contributed by atoms with E-state index in [1.807, 2.05) is 4.90 Å². The van der Waals surface area contributed by atoms with E-state index >= 15 is 0 Å². The van der Waals surface area contributed by atoms with Crippen molar-refractivity contribution in [3.05, 3.63) is 35.8 Å². The standard InChI is InChI=1S/C21H28N2O3/c24-20-9-8-17-15-22(21(25)19-7-4-14-26-19)12-11-18(17)23(20)13-10-16-5-2-1-3-6-16/h4-5,7,14,17-18H,1-3,6,8-13,15H2. The van der Waals surface area contributed by atoms with Gasteiger partial charge in [-0.25, -0.2) is 0 Å². The largest absolute Gasteiger partial charge is 0.459 e. The monoisotopic (exact) mass is 356 g/mol. The Morgan fingerprint density at radius 2 is 2.15 bits per heavy atom. The van der Waals surface area contributed by atoms with Gasteiger partial charge >= 0.3 is 0 Å². The molecule has 0 saturated carbocycles. The lowest BCUT2D eigenvalue weighted by Crippen LogP contribution is -2.57. The maximum absolute atomic E-state index is 12.6. The van der Waals surface area contributed by atoms with Crippen LogP contribution in [0.5, 0.6) is 0 Å². The Hall–Kier alpha value is -2.04. The van der Waals surface area contributed by atoms with E-state index in [0.717, 1.165) is 32.4 Å². The van der Waals surface area contributed by atoms with E-state index in [2.05, 4.69) is 11.0 Å². The van der Waals surface area contributed by atoms with Gasteiger partial charge in [0.1, 0.15) is 0 Å². The fourth-order valence-corrected chi connectivity index (χ4v) is 4.78. The third-order valence-corrected chi connectivity index (χ3v) is 6.22. The molecular weight excluding hydrogens is 328 g/mol. The highest BCUT2D eigenvalue weighted by Gasteiger charge is 2.40. The Kier molecular flexibility index (Phi) is 5.14. The molecule has 3 aliphatic rings. The lowest BCUT2D eigenvalue weighted by atomic mass is 9.83. The molecule has 0 spiro atoms. The van der Waals surface area contributed by atoms with Gasteiger partial charge in [0.05, 0.1) is 6.26 Å². The molecule has 0 aromatic carbocycles. The molecule has 2 saturated heterocycles. The second-order valence-electron chi connectivity index (χ2n) is 7.83. The van der Waals surface area contributed by atoms with Gasteiger partial charge in [-0.05, 0) is 63.0 Å². The van der Waals surface area contributed by atoms with Crippen molar-refractivity contribution in [2.75, 3.05) is 19.6 Å². The summed E-state index contributed by atoms with van der Waals surface area (Å²) in [5.41, 5.74) is 1.52. The summed E-state index contributed by atoms with van der Waals surface area (Å²) in [6, 6.07) is 3.77. The zero-order valence-corrected chi connectivity index (χ0v) is 15.4. The second kappa shape index (κ2) is 7.68. The zero-order valence-electron chi connectivity index (χ0n) is 15.4. The van der Waals surface area contributed by atoms with Crippen LogP contribution in [0.1, 0.15) is 61.9 Å². The number of carbonyl (C=O) groups is 2.